The molecule has 134 valence electrons. The molecule has 0 N–H and O–H groups in total. The summed E-state index contributed by atoms with van der Waals surface area (Å²) in [7, 11) is 0. The fourth-order valence-electron chi connectivity index (χ4n) is 2.86. The molecular formula is C18H35N3OS. The van der Waals surface area contributed by atoms with Crippen molar-refractivity contribution in [3.05, 3.63) is 11.9 Å². The highest BCUT2D eigenvalue weighted by molar-refractivity contribution is 7.98. The first-order valence-corrected chi connectivity index (χ1v) is 9.68. The van der Waals surface area contributed by atoms with E-state index in [1.165, 1.54) is 0 Å². The fraction of sp³-hybridized carbons (Fsp3) is 0.889. The summed E-state index contributed by atoms with van der Waals surface area (Å²) in [5.41, 5.74) is 1.09. The molecule has 0 aromatic carbocycles. The van der Waals surface area contributed by atoms with E-state index in [1.54, 1.807) is 0 Å². The Kier molecular flexibility index (Phi) is 7.59. The highest BCUT2D eigenvalue weighted by Gasteiger charge is 2.30. The van der Waals surface area contributed by atoms with E-state index in [9.17, 15) is 0 Å². The summed E-state index contributed by atoms with van der Waals surface area (Å²) >= 11 is 1.88. The van der Waals surface area contributed by atoms with Gasteiger partial charge in [0.1, 0.15) is 0 Å². The first-order valence-electron chi connectivity index (χ1n) is 8.64. The van der Waals surface area contributed by atoms with Crippen molar-refractivity contribution in [3.63, 3.8) is 0 Å². The zero-order valence-corrected chi connectivity index (χ0v) is 17.0. The summed E-state index contributed by atoms with van der Waals surface area (Å²) in [5, 5.41) is 9.19. The second-order valence-corrected chi connectivity index (χ2v) is 10.1. The van der Waals surface area contributed by atoms with Gasteiger partial charge < -0.3 is 4.74 Å². The topological polar surface area (TPSA) is 39.9 Å². The van der Waals surface area contributed by atoms with Crippen molar-refractivity contribution in [3.8, 4) is 0 Å². The number of rotatable bonds is 10. The van der Waals surface area contributed by atoms with Gasteiger partial charge in [-0.25, -0.2) is 4.68 Å². The molecule has 0 amide bonds. The normalized spacial score (nSPS) is 13.3. The van der Waals surface area contributed by atoms with E-state index in [0.29, 0.717) is 11.2 Å². The number of hydrogen-bond donors (Lipinski definition) is 0. The van der Waals surface area contributed by atoms with Crippen LogP contribution >= 0.6 is 11.8 Å². The van der Waals surface area contributed by atoms with Crippen LogP contribution < -0.4 is 0 Å². The van der Waals surface area contributed by atoms with Gasteiger partial charge in [0.2, 0.25) is 0 Å². The summed E-state index contributed by atoms with van der Waals surface area (Å²) in [6, 6.07) is 0. The molecule has 0 aliphatic carbocycles. The minimum Gasteiger partial charge on any atom is -0.375 e. The van der Waals surface area contributed by atoms with Crippen LogP contribution in [0.4, 0.5) is 0 Å². The monoisotopic (exact) mass is 341 g/mol. The van der Waals surface area contributed by atoms with Gasteiger partial charge in [0.25, 0.3) is 0 Å². The summed E-state index contributed by atoms with van der Waals surface area (Å²) in [5.74, 6) is 1.43. The highest BCUT2D eigenvalue weighted by Crippen LogP contribution is 2.33. The molecule has 0 saturated carbocycles. The Balaban J connectivity index is 2.56. The van der Waals surface area contributed by atoms with Crippen molar-refractivity contribution >= 4 is 11.8 Å². The minimum atomic E-state index is -0.114. The van der Waals surface area contributed by atoms with Crippen LogP contribution in [0.15, 0.2) is 6.20 Å². The highest BCUT2D eigenvalue weighted by atomic mass is 32.2. The van der Waals surface area contributed by atoms with Crippen LogP contribution in [0.3, 0.4) is 0 Å². The molecule has 23 heavy (non-hydrogen) atoms. The van der Waals surface area contributed by atoms with Crippen molar-refractivity contribution in [2.75, 3.05) is 6.61 Å². The lowest BCUT2D eigenvalue weighted by Gasteiger charge is -2.35. The summed E-state index contributed by atoms with van der Waals surface area (Å²) in [6.07, 6.45) is 4.01. The van der Waals surface area contributed by atoms with Crippen LogP contribution in [-0.4, -0.2) is 32.5 Å². The second kappa shape index (κ2) is 8.52. The third-order valence-electron chi connectivity index (χ3n) is 3.50. The molecule has 0 unspecified atom stereocenters. The Labute approximate surface area is 146 Å². The molecule has 0 bridgehead atoms. The van der Waals surface area contributed by atoms with Gasteiger partial charge in [-0.2, -0.15) is 0 Å². The third-order valence-corrected chi connectivity index (χ3v) is 4.58. The molecule has 5 heteroatoms. The van der Waals surface area contributed by atoms with E-state index in [0.717, 1.165) is 31.0 Å². The molecule has 0 aliphatic rings. The average molecular weight is 342 g/mol. The second-order valence-electron chi connectivity index (χ2n) is 8.58. The predicted molar refractivity (Wildman–Crippen MR) is 99.7 cm³/mol. The summed E-state index contributed by atoms with van der Waals surface area (Å²) in [4.78, 5) is 0. The molecule has 1 aromatic heterocycles. The van der Waals surface area contributed by atoms with Gasteiger partial charge in [-0.3, -0.25) is 0 Å². The number of hydrogen-bond acceptors (Lipinski definition) is 4. The largest absolute Gasteiger partial charge is 0.375 e. The van der Waals surface area contributed by atoms with Gasteiger partial charge in [-0.05, 0) is 38.0 Å². The Morgan fingerprint density at radius 2 is 1.83 bits per heavy atom. The van der Waals surface area contributed by atoms with E-state index >= 15 is 0 Å². The molecule has 0 atom stereocenters. The zero-order valence-electron chi connectivity index (χ0n) is 16.2. The number of ether oxygens (including phenoxy) is 1. The van der Waals surface area contributed by atoms with Crippen molar-refractivity contribution < 1.29 is 4.74 Å². The summed E-state index contributed by atoms with van der Waals surface area (Å²) < 4.78 is 8.03. The van der Waals surface area contributed by atoms with Crippen LogP contribution in [0.1, 0.15) is 67.5 Å². The Hall–Kier alpha value is -0.550. The molecule has 1 aromatic rings. The van der Waals surface area contributed by atoms with E-state index in [4.69, 9.17) is 4.74 Å². The molecule has 0 saturated heterocycles. The Morgan fingerprint density at radius 3 is 2.39 bits per heavy atom. The molecule has 0 aliphatic heterocycles. The predicted octanol–water partition coefficient (Wildman–Crippen LogP) is 4.79. The average Bonchev–Trinajstić information content (AvgIpc) is 2.79. The Bertz CT molecular complexity index is 467. The minimum absolute atomic E-state index is 0.114. The quantitative estimate of drug-likeness (QED) is 0.613. The molecule has 4 nitrogen and oxygen atoms in total. The van der Waals surface area contributed by atoms with Crippen LogP contribution in [-0.2, 0) is 17.0 Å². The van der Waals surface area contributed by atoms with E-state index in [2.05, 4.69) is 71.9 Å². The van der Waals surface area contributed by atoms with Gasteiger partial charge in [0, 0.05) is 18.1 Å². The molecule has 1 heterocycles. The van der Waals surface area contributed by atoms with Crippen molar-refractivity contribution in [2.24, 2.45) is 11.3 Å². The van der Waals surface area contributed by atoms with E-state index < -0.39 is 0 Å². The maximum absolute atomic E-state index is 6.09. The van der Waals surface area contributed by atoms with Crippen LogP contribution in [0, 0.1) is 11.3 Å². The maximum Gasteiger partial charge on any atom is 0.0883 e. The number of aromatic nitrogens is 3. The lowest BCUT2D eigenvalue weighted by Crippen LogP contribution is -2.34. The summed E-state index contributed by atoms with van der Waals surface area (Å²) in [6.45, 7) is 18.5. The first kappa shape index (κ1) is 20.5. The SMILES string of the molecule is CC(C)COC(C)(C)CC(C)(C)Cc1cn(CSC(C)C)nn1. The van der Waals surface area contributed by atoms with Crippen molar-refractivity contribution in [2.45, 2.75) is 85.0 Å². The molecule has 0 fully saturated rings. The van der Waals surface area contributed by atoms with Gasteiger partial charge in [0.05, 0.1) is 17.2 Å². The van der Waals surface area contributed by atoms with E-state index in [-0.39, 0.29) is 11.0 Å². The fourth-order valence-corrected chi connectivity index (χ4v) is 3.43. The maximum atomic E-state index is 6.09. The molecular weight excluding hydrogens is 306 g/mol. The van der Waals surface area contributed by atoms with Crippen molar-refractivity contribution in [1.82, 2.24) is 15.0 Å². The van der Waals surface area contributed by atoms with Crippen LogP contribution in [0.5, 0.6) is 0 Å². The van der Waals surface area contributed by atoms with Crippen LogP contribution in [0.2, 0.25) is 0 Å². The number of thioether (sulfide) groups is 1. The van der Waals surface area contributed by atoms with Crippen molar-refractivity contribution in [1.29, 1.82) is 0 Å². The van der Waals surface area contributed by atoms with Gasteiger partial charge >= 0.3 is 0 Å². The third kappa shape index (κ3) is 8.75. The van der Waals surface area contributed by atoms with Gasteiger partial charge in [-0.15, -0.1) is 16.9 Å². The standard InChI is InChI=1S/C18H35N3OS/c1-14(2)11-22-18(7,8)12-17(5,6)9-16-10-21(20-19-16)13-23-15(3)4/h10,14-15H,9,11-13H2,1-8H3. The van der Waals surface area contributed by atoms with Gasteiger partial charge in [-0.1, -0.05) is 46.8 Å². The van der Waals surface area contributed by atoms with Crippen LogP contribution in [0.25, 0.3) is 0 Å². The lowest BCUT2D eigenvalue weighted by atomic mass is 9.78. The van der Waals surface area contributed by atoms with E-state index in [1.807, 2.05) is 16.4 Å². The number of nitrogens with zero attached hydrogens (tertiary/aromatic N) is 3. The molecule has 0 radical (unpaired) electrons. The lowest BCUT2D eigenvalue weighted by molar-refractivity contribution is -0.0565. The zero-order chi connectivity index (χ0) is 17.7. The molecule has 1 rings (SSSR count). The van der Waals surface area contributed by atoms with Gasteiger partial charge in [0.15, 0.2) is 0 Å². The Morgan fingerprint density at radius 1 is 1.17 bits per heavy atom. The smallest absolute Gasteiger partial charge is 0.0883 e. The first-order chi connectivity index (χ1) is 10.5. The molecule has 0 spiro atoms.